The number of hydrogen-bond acceptors (Lipinski definition) is 3. The first-order valence-electron chi connectivity index (χ1n) is 16.9. The minimum Gasteiger partial charge on any atom is -0.408 e. The van der Waals surface area contributed by atoms with Gasteiger partial charge in [-0.1, -0.05) is 143 Å². The Labute approximate surface area is 283 Å². The van der Waals surface area contributed by atoms with Gasteiger partial charge in [-0.2, -0.15) is 0 Å². The lowest BCUT2D eigenvalue weighted by atomic mass is 9.80. The van der Waals surface area contributed by atoms with E-state index in [9.17, 15) is 0 Å². The third kappa shape index (κ3) is 10.2. The molecule has 46 heavy (non-hydrogen) atoms. The maximum atomic E-state index is 6.82. The van der Waals surface area contributed by atoms with Crippen LogP contribution in [0.1, 0.15) is 158 Å². The molecule has 0 saturated carbocycles. The molecule has 254 valence electrons. The summed E-state index contributed by atoms with van der Waals surface area (Å²) in [6, 6.07) is 19.8. The van der Waals surface area contributed by atoms with Gasteiger partial charge in [0.15, 0.2) is 0 Å². The van der Waals surface area contributed by atoms with Crippen LogP contribution >= 0.6 is 8.60 Å². The summed E-state index contributed by atoms with van der Waals surface area (Å²) >= 11 is 0. The van der Waals surface area contributed by atoms with E-state index in [4.69, 9.17) is 13.6 Å². The summed E-state index contributed by atoms with van der Waals surface area (Å²) in [4.78, 5) is 0. The molecular weight excluding hydrogens is 583 g/mol. The second kappa shape index (κ2) is 12.8. The fourth-order valence-electron chi connectivity index (χ4n) is 4.87. The SMILES string of the molecule is CC(C)(C)c1cc(OP(Oc2cc(C(C)(C)C)cc(C(C)(C)C)c2)Oc2cc(C(C)(C)C)cc(C(C)(C)C)c2)cc(C(C)(C)C)c1. The summed E-state index contributed by atoms with van der Waals surface area (Å²) in [6.45, 7) is 40.4. The van der Waals surface area contributed by atoms with Crippen molar-refractivity contribution in [1.29, 1.82) is 0 Å². The molecule has 3 aromatic rings. The molecule has 0 atom stereocenters. The third-order valence-electron chi connectivity index (χ3n) is 8.46. The van der Waals surface area contributed by atoms with Gasteiger partial charge in [-0.05, 0) is 102 Å². The lowest BCUT2D eigenvalue weighted by molar-refractivity contribution is 0.384. The van der Waals surface area contributed by atoms with Crippen molar-refractivity contribution in [3.63, 3.8) is 0 Å². The predicted octanol–water partition coefficient (Wildman–Crippen LogP) is 13.2. The van der Waals surface area contributed by atoms with Gasteiger partial charge in [0.05, 0.1) is 0 Å². The highest BCUT2D eigenvalue weighted by atomic mass is 31.2. The Morgan fingerprint density at radius 1 is 0.283 bits per heavy atom. The molecule has 0 radical (unpaired) electrons. The van der Waals surface area contributed by atoms with Gasteiger partial charge in [0.1, 0.15) is 17.2 Å². The molecule has 0 unspecified atom stereocenters. The molecule has 0 heterocycles. The van der Waals surface area contributed by atoms with Gasteiger partial charge in [0, 0.05) is 0 Å². The van der Waals surface area contributed by atoms with Crippen molar-refractivity contribution in [2.24, 2.45) is 0 Å². The van der Waals surface area contributed by atoms with Crippen molar-refractivity contribution in [2.75, 3.05) is 0 Å². The van der Waals surface area contributed by atoms with Crippen molar-refractivity contribution in [3.8, 4) is 17.2 Å². The van der Waals surface area contributed by atoms with Crippen LogP contribution < -0.4 is 13.6 Å². The minimum absolute atomic E-state index is 0.0465. The van der Waals surface area contributed by atoms with E-state index in [1.807, 2.05) is 0 Å². The smallest absolute Gasteiger partial charge is 0.408 e. The van der Waals surface area contributed by atoms with Crippen LogP contribution in [0.4, 0.5) is 0 Å². The fraction of sp³-hybridized carbons (Fsp3) is 0.571. The zero-order chi connectivity index (χ0) is 35.3. The number of rotatable bonds is 6. The molecule has 0 aromatic heterocycles. The summed E-state index contributed by atoms with van der Waals surface area (Å²) in [5.74, 6) is 2.28. The first-order valence-corrected chi connectivity index (χ1v) is 18.0. The van der Waals surface area contributed by atoms with Crippen molar-refractivity contribution in [3.05, 3.63) is 88.0 Å². The van der Waals surface area contributed by atoms with Gasteiger partial charge < -0.3 is 13.6 Å². The second-order valence-corrected chi connectivity index (χ2v) is 20.2. The first-order chi connectivity index (χ1) is 20.5. The van der Waals surface area contributed by atoms with E-state index in [1.165, 1.54) is 33.4 Å². The van der Waals surface area contributed by atoms with Gasteiger partial charge in [0.25, 0.3) is 0 Å². The molecule has 4 heteroatoms. The molecular formula is C42H63O3P. The van der Waals surface area contributed by atoms with Gasteiger partial charge in [-0.3, -0.25) is 0 Å². The van der Waals surface area contributed by atoms with Crippen LogP contribution in [0.25, 0.3) is 0 Å². The average Bonchev–Trinajstić information content (AvgIpc) is 2.85. The van der Waals surface area contributed by atoms with Crippen LogP contribution in [0.15, 0.2) is 54.6 Å². The molecule has 0 bridgehead atoms. The van der Waals surface area contributed by atoms with Crippen LogP contribution in [0, 0.1) is 0 Å². The van der Waals surface area contributed by atoms with E-state index in [-0.39, 0.29) is 32.5 Å². The van der Waals surface area contributed by atoms with E-state index in [0.29, 0.717) is 0 Å². The lowest BCUT2D eigenvalue weighted by Gasteiger charge is -2.29. The number of hydrogen-bond donors (Lipinski definition) is 0. The fourth-order valence-corrected chi connectivity index (χ4v) is 5.81. The highest BCUT2D eigenvalue weighted by Crippen LogP contribution is 2.47. The Bertz CT molecular complexity index is 1230. The quantitative estimate of drug-likeness (QED) is 0.249. The number of benzene rings is 3. The minimum atomic E-state index is -1.88. The molecule has 0 aliphatic carbocycles. The van der Waals surface area contributed by atoms with E-state index in [0.717, 1.165) is 17.2 Å². The Balaban J connectivity index is 2.23. The molecule has 3 nitrogen and oxygen atoms in total. The van der Waals surface area contributed by atoms with E-state index < -0.39 is 8.60 Å². The second-order valence-electron chi connectivity index (χ2n) is 19.2. The van der Waals surface area contributed by atoms with Crippen molar-refractivity contribution >= 4 is 8.60 Å². The summed E-state index contributed by atoms with van der Waals surface area (Å²) in [6.07, 6.45) is 0. The van der Waals surface area contributed by atoms with Crippen LogP contribution in [-0.2, 0) is 32.5 Å². The Kier molecular flexibility index (Phi) is 10.6. The monoisotopic (exact) mass is 646 g/mol. The van der Waals surface area contributed by atoms with E-state index >= 15 is 0 Å². The first kappa shape index (κ1) is 37.9. The molecule has 0 aliphatic rings. The molecule has 3 rings (SSSR count). The van der Waals surface area contributed by atoms with Gasteiger partial charge >= 0.3 is 8.60 Å². The maximum absolute atomic E-state index is 6.82. The Hall–Kier alpha value is -2.51. The zero-order valence-corrected chi connectivity index (χ0v) is 33.3. The topological polar surface area (TPSA) is 27.7 Å². The van der Waals surface area contributed by atoms with Gasteiger partial charge in [-0.15, -0.1) is 0 Å². The standard InChI is InChI=1S/C42H63O3P/c1-37(2,3)28-19-29(38(4,5)6)23-34(22-28)43-46(44-35-24-30(39(7,8)9)20-31(25-35)40(10,11)12)45-36-26-32(41(13,14)15)21-33(27-36)42(16,17)18/h19-27H,1-18H3. The molecule has 0 aliphatic heterocycles. The van der Waals surface area contributed by atoms with E-state index in [2.05, 4.69) is 179 Å². The largest absolute Gasteiger partial charge is 0.530 e. The normalized spacial score (nSPS) is 13.6. The van der Waals surface area contributed by atoms with Crippen LogP contribution in [0.2, 0.25) is 0 Å². The zero-order valence-electron chi connectivity index (χ0n) is 32.4. The van der Waals surface area contributed by atoms with Gasteiger partial charge in [0.2, 0.25) is 0 Å². The summed E-state index contributed by atoms with van der Waals surface area (Å²) in [5.41, 5.74) is 7.05. The van der Waals surface area contributed by atoms with Crippen molar-refractivity contribution in [1.82, 2.24) is 0 Å². The highest BCUT2D eigenvalue weighted by Gasteiger charge is 2.29. The molecule has 0 fully saturated rings. The Morgan fingerprint density at radius 2 is 0.435 bits per heavy atom. The van der Waals surface area contributed by atoms with Crippen molar-refractivity contribution < 1.29 is 13.6 Å². The molecule has 0 N–H and O–H groups in total. The molecule has 0 amide bonds. The molecule has 0 spiro atoms. The van der Waals surface area contributed by atoms with Crippen LogP contribution in [-0.4, -0.2) is 0 Å². The summed E-state index contributed by atoms with van der Waals surface area (Å²) in [7, 11) is -1.88. The van der Waals surface area contributed by atoms with Crippen LogP contribution in [0.3, 0.4) is 0 Å². The highest BCUT2D eigenvalue weighted by molar-refractivity contribution is 7.43. The molecule has 3 aromatic carbocycles. The maximum Gasteiger partial charge on any atom is 0.530 e. The van der Waals surface area contributed by atoms with Crippen molar-refractivity contribution in [2.45, 2.75) is 157 Å². The third-order valence-corrected chi connectivity index (χ3v) is 9.54. The Morgan fingerprint density at radius 3 is 0.565 bits per heavy atom. The summed E-state index contributed by atoms with van der Waals surface area (Å²) in [5, 5.41) is 0. The average molecular weight is 647 g/mol. The van der Waals surface area contributed by atoms with Crippen LogP contribution in [0.5, 0.6) is 17.2 Å². The lowest BCUT2D eigenvalue weighted by Crippen LogP contribution is -2.18. The predicted molar refractivity (Wildman–Crippen MR) is 200 cm³/mol. The van der Waals surface area contributed by atoms with Gasteiger partial charge in [-0.25, -0.2) is 0 Å². The molecule has 0 saturated heterocycles. The summed E-state index contributed by atoms with van der Waals surface area (Å²) < 4.78 is 20.4. The van der Waals surface area contributed by atoms with E-state index in [1.54, 1.807) is 0 Å².